The van der Waals surface area contributed by atoms with Gasteiger partial charge in [-0.1, -0.05) is 32.3 Å². The highest BCUT2D eigenvalue weighted by atomic mass is 16.5. The lowest BCUT2D eigenvalue weighted by Gasteiger charge is -2.44. The molecule has 2 amide bonds. The summed E-state index contributed by atoms with van der Waals surface area (Å²) in [6.07, 6.45) is 3.21. The van der Waals surface area contributed by atoms with Crippen molar-refractivity contribution in [2.45, 2.75) is 70.2 Å². The maximum atomic E-state index is 14.3. The van der Waals surface area contributed by atoms with Crippen LogP contribution in [0.5, 0.6) is 0 Å². The van der Waals surface area contributed by atoms with Crippen molar-refractivity contribution in [2.24, 2.45) is 16.3 Å². The SMILES string of the molecule is CC(C)(C)[C@H](C(=O)N1C[C@@H](N=[N+]=[N-])[C@H]2OCC(=O)[C@H]21)c1cc(N2CCN(C3CCC3)CC2)ccc1C(N)=O. The maximum Gasteiger partial charge on any atom is 0.249 e. The van der Waals surface area contributed by atoms with Crippen LogP contribution in [0.3, 0.4) is 0 Å². The number of piperazine rings is 1. The second-order valence-electron chi connectivity index (χ2n) is 12.0. The number of Topliss-reactive ketones (excluding diaryl/α,β-unsaturated/α-hetero) is 1. The Morgan fingerprint density at radius 2 is 1.89 bits per heavy atom. The number of nitrogens with two attached hydrogens (primary N) is 1. The van der Waals surface area contributed by atoms with Crippen LogP contribution in [0.4, 0.5) is 5.69 Å². The number of amides is 2. The summed E-state index contributed by atoms with van der Waals surface area (Å²) in [6, 6.07) is 4.81. The summed E-state index contributed by atoms with van der Waals surface area (Å²) in [5, 5.41) is 3.80. The van der Waals surface area contributed by atoms with Gasteiger partial charge in [0, 0.05) is 54.9 Å². The van der Waals surface area contributed by atoms with Crippen LogP contribution in [0.15, 0.2) is 23.3 Å². The highest BCUT2D eigenvalue weighted by molar-refractivity contribution is 5.99. The van der Waals surface area contributed by atoms with E-state index in [1.807, 2.05) is 32.9 Å². The molecule has 1 aliphatic carbocycles. The van der Waals surface area contributed by atoms with Gasteiger partial charge in [0.05, 0.1) is 18.1 Å². The average molecular weight is 524 g/mol. The van der Waals surface area contributed by atoms with Crippen molar-refractivity contribution in [3.63, 3.8) is 0 Å². The highest BCUT2D eigenvalue weighted by Gasteiger charge is 2.54. The Hall–Kier alpha value is -3.14. The molecule has 1 aromatic carbocycles. The van der Waals surface area contributed by atoms with E-state index in [0.29, 0.717) is 17.2 Å². The zero-order valence-electron chi connectivity index (χ0n) is 22.4. The summed E-state index contributed by atoms with van der Waals surface area (Å²) in [5.74, 6) is -1.86. The van der Waals surface area contributed by atoms with Crippen LogP contribution < -0.4 is 10.6 Å². The first-order valence-corrected chi connectivity index (χ1v) is 13.5. The minimum absolute atomic E-state index is 0.0886. The molecule has 3 heterocycles. The molecular formula is C27H37N7O4. The zero-order chi connectivity index (χ0) is 27.2. The molecular weight excluding hydrogens is 486 g/mol. The first-order valence-electron chi connectivity index (χ1n) is 13.5. The van der Waals surface area contributed by atoms with Gasteiger partial charge in [0.15, 0.2) is 5.78 Å². The highest BCUT2D eigenvalue weighted by Crippen LogP contribution is 2.42. The van der Waals surface area contributed by atoms with Gasteiger partial charge in [0.2, 0.25) is 11.8 Å². The van der Waals surface area contributed by atoms with Crippen molar-refractivity contribution in [1.82, 2.24) is 9.80 Å². The molecule has 38 heavy (non-hydrogen) atoms. The number of nitrogens with zero attached hydrogens (tertiary/aromatic N) is 6. The summed E-state index contributed by atoms with van der Waals surface area (Å²) in [5.41, 5.74) is 16.0. The van der Waals surface area contributed by atoms with Gasteiger partial charge >= 0.3 is 0 Å². The normalized spacial score (nSPS) is 27.0. The Morgan fingerprint density at radius 1 is 1.18 bits per heavy atom. The molecule has 0 aromatic heterocycles. The molecule has 0 unspecified atom stereocenters. The average Bonchev–Trinajstić information content (AvgIpc) is 3.38. The van der Waals surface area contributed by atoms with E-state index in [9.17, 15) is 14.4 Å². The van der Waals surface area contributed by atoms with Gasteiger partial charge in [-0.15, -0.1) is 0 Å². The fraction of sp³-hybridized carbons (Fsp3) is 0.667. The first-order chi connectivity index (χ1) is 18.1. The van der Waals surface area contributed by atoms with Crippen LogP contribution in [0.1, 0.15) is 61.9 Å². The van der Waals surface area contributed by atoms with Crippen LogP contribution in [-0.2, 0) is 14.3 Å². The number of ether oxygens (including phenoxy) is 1. The fourth-order valence-corrected chi connectivity index (χ4v) is 6.47. The van der Waals surface area contributed by atoms with Gasteiger partial charge in [-0.2, -0.15) is 0 Å². The van der Waals surface area contributed by atoms with E-state index < -0.39 is 35.4 Å². The van der Waals surface area contributed by atoms with Crippen molar-refractivity contribution < 1.29 is 19.1 Å². The van der Waals surface area contributed by atoms with Crippen LogP contribution in [-0.4, -0.2) is 91.0 Å². The molecule has 11 heteroatoms. The Labute approximate surface area is 222 Å². The lowest BCUT2D eigenvalue weighted by atomic mass is 9.73. The van der Waals surface area contributed by atoms with E-state index in [-0.39, 0.29) is 24.8 Å². The second-order valence-corrected chi connectivity index (χ2v) is 12.0. The lowest BCUT2D eigenvalue weighted by molar-refractivity contribution is -0.139. The molecule has 2 N–H and O–H groups in total. The molecule has 11 nitrogen and oxygen atoms in total. The summed E-state index contributed by atoms with van der Waals surface area (Å²) in [7, 11) is 0. The smallest absolute Gasteiger partial charge is 0.249 e. The molecule has 204 valence electrons. The number of carbonyl (C=O) groups is 3. The van der Waals surface area contributed by atoms with Gasteiger partial charge in [-0.25, -0.2) is 0 Å². The minimum atomic E-state index is -0.803. The molecule has 3 aliphatic heterocycles. The third-order valence-electron chi connectivity index (χ3n) is 8.64. The minimum Gasteiger partial charge on any atom is -0.369 e. The number of carbonyl (C=O) groups excluding carboxylic acids is 3. The third kappa shape index (κ3) is 4.74. The topological polar surface area (TPSA) is 145 Å². The molecule has 3 saturated heterocycles. The van der Waals surface area contributed by atoms with E-state index in [4.69, 9.17) is 16.0 Å². The van der Waals surface area contributed by atoms with Crippen molar-refractivity contribution in [3.05, 3.63) is 39.8 Å². The summed E-state index contributed by atoms with van der Waals surface area (Å²) in [6.45, 7) is 9.50. The number of likely N-dealkylation sites (tertiary alicyclic amines) is 1. The van der Waals surface area contributed by atoms with E-state index in [2.05, 4.69) is 19.8 Å². The zero-order valence-corrected chi connectivity index (χ0v) is 22.4. The quantitative estimate of drug-likeness (QED) is 0.344. The van der Waals surface area contributed by atoms with E-state index in [1.54, 1.807) is 6.07 Å². The largest absolute Gasteiger partial charge is 0.369 e. The number of hydrogen-bond acceptors (Lipinski definition) is 7. The monoisotopic (exact) mass is 523 g/mol. The Balaban J connectivity index is 1.48. The van der Waals surface area contributed by atoms with Gasteiger partial charge in [0.25, 0.3) is 0 Å². The summed E-state index contributed by atoms with van der Waals surface area (Å²) < 4.78 is 5.61. The Morgan fingerprint density at radius 3 is 2.47 bits per heavy atom. The predicted octanol–water partition coefficient (Wildman–Crippen LogP) is 2.45. The number of primary amides is 1. The lowest BCUT2D eigenvalue weighted by Crippen LogP contribution is -2.52. The number of azide groups is 1. The molecule has 1 aromatic rings. The number of benzene rings is 1. The van der Waals surface area contributed by atoms with Crippen molar-refractivity contribution in [2.75, 3.05) is 44.2 Å². The molecule has 0 bridgehead atoms. The molecule has 4 atom stereocenters. The Kier molecular flexibility index (Phi) is 7.11. The standard InChI is InChI=1S/C27H37N7O4/c1-27(2,3)22(26(37)34-14-20(30-31-29)24-23(34)21(35)15-38-24)19-13-17(7-8-18(19)25(28)36)33-11-9-32(10-12-33)16-5-4-6-16/h7-8,13,16,20,22-24H,4-6,9-12,14-15H2,1-3H3,(H2,28,36)/t20-,22+,23-,24-/m1/s1. The summed E-state index contributed by atoms with van der Waals surface area (Å²) >= 11 is 0. The van der Waals surface area contributed by atoms with E-state index in [1.165, 1.54) is 24.2 Å². The van der Waals surface area contributed by atoms with Gasteiger partial charge in [-0.05, 0) is 47.6 Å². The number of hydrogen-bond donors (Lipinski definition) is 1. The Bertz CT molecular complexity index is 1160. The van der Waals surface area contributed by atoms with Gasteiger partial charge in [0.1, 0.15) is 12.6 Å². The molecule has 4 aliphatic rings. The van der Waals surface area contributed by atoms with Crippen molar-refractivity contribution in [3.8, 4) is 0 Å². The number of ketones is 1. The van der Waals surface area contributed by atoms with Gasteiger partial charge < -0.3 is 20.3 Å². The van der Waals surface area contributed by atoms with E-state index >= 15 is 0 Å². The predicted molar refractivity (Wildman–Crippen MR) is 142 cm³/mol. The summed E-state index contributed by atoms with van der Waals surface area (Å²) in [4.78, 5) is 48.8. The molecule has 0 radical (unpaired) electrons. The van der Waals surface area contributed by atoms with Crippen molar-refractivity contribution in [1.29, 1.82) is 0 Å². The molecule has 1 saturated carbocycles. The second kappa shape index (κ2) is 10.2. The maximum absolute atomic E-state index is 14.3. The van der Waals surface area contributed by atoms with Crippen LogP contribution >= 0.6 is 0 Å². The van der Waals surface area contributed by atoms with Crippen molar-refractivity contribution >= 4 is 23.3 Å². The molecule has 0 spiro atoms. The third-order valence-corrected chi connectivity index (χ3v) is 8.64. The molecule has 4 fully saturated rings. The van der Waals surface area contributed by atoms with Crippen LogP contribution in [0.25, 0.3) is 10.4 Å². The number of fused-ring (bicyclic) bond motifs is 1. The fourth-order valence-electron chi connectivity index (χ4n) is 6.47. The van der Waals surface area contributed by atoms with Crippen LogP contribution in [0.2, 0.25) is 0 Å². The number of anilines is 1. The van der Waals surface area contributed by atoms with Gasteiger partial charge in [-0.3, -0.25) is 19.3 Å². The van der Waals surface area contributed by atoms with E-state index in [0.717, 1.165) is 31.9 Å². The number of rotatable bonds is 6. The van der Waals surface area contributed by atoms with Crippen LogP contribution in [0, 0.1) is 5.41 Å². The molecule has 5 rings (SSSR count). The first kappa shape index (κ1) is 26.5.